The van der Waals surface area contributed by atoms with Gasteiger partial charge in [0, 0.05) is 30.9 Å². The third-order valence-corrected chi connectivity index (χ3v) is 6.49. The second kappa shape index (κ2) is 6.68. The third-order valence-electron chi connectivity index (χ3n) is 3.33. The van der Waals surface area contributed by atoms with Crippen LogP contribution in [0.5, 0.6) is 0 Å². The smallest absolute Gasteiger partial charge is 0.164 e. The van der Waals surface area contributed by atoms with Crippen LogP contribution in [-0.2, 0) is 9.84 Å². The maximum atomic E-state index is 11.8. The molecule has 1 heterocycles. The molecule has 0 aromatic heterocycles. The molecule has 1 rings (SSSR count). The molecule has 3 nitrogen and oxygen atoms in total. The minimum absolute atomic E-state index is 0.303. The summed E-state index contributed by atoms with van der Waals surface area (Å²) >= 11 is 6.11. The highest BCUT2D eigenvalue weighted by atomic mass is 32.2. The molecule has 0 N–H and O–H groups in total. The fourth-order valence-electron chi connectivity index (χ4n) is 2.00. The zero-order valence-electron chi connectivity index (χ0n) is 10.8. The maximum Gasteiger partial charge on any atom is 0.164 e. The summed E-state index contributed by atoms with van der Waals surface area (Å²) in [5.41, 5.74) is 0. The molecule has 2 atom stereocenters. The van der Waals surface area contributed by atoms with Gasteiger partial charge in [-0.2, -0.15) is 24.4 Å². The van der Waals surface area contributed by atoms with Gasteiger partial charge < -0.3 is 0 Å². The zero-order chi connectivity index (χ0) is 13.1. The Morgan fingerprint density at radius 3 is 2.59 bits per heavy atom. The third kappa shape index (κ3) is 4.65. The Labute approximate surface area is 115 Å². The number of thiol groups is 1. The van der Waals surface area contributed by atoms with Crippen LogP contribution in [0.4, 0.5) is 0 Å². The van der Waals surface area contributed by atoms with Crippen LogP contribution >= 0.6 is 24.4 Å². The first-order valence-corrected chi connectivity index (χ1v) is 9.72. The van der Waals surface area contributed by atoms with E-state index < -0.39 is 9.84 Å². The lowest BCUT2D eigenvalue weighted by Gasteiger charge is -2.37. The second-order valence-corrected chi connectivity index (χ2v) is 8.76. The van der Waals surface area contributed by atoms with Gasteiger partial charge in [0.2, 0.25) is 0 Å². The summed E-state index contributed by atoms with van der Waals surface area (Å²) in [7, 11) is -2.97. The van der Waals surface area contributed by atoms with Crippen molar-refractivity contribution in [3.8, 4) is 0 Å². The normalized spacial score (nSPS) is 25.1. The van der Waals surface area contributed by atoms with Crippen LogP contribution in [0.25, 0.3) is 0 Å². The Kier molecular flexibility index (Phi) is 6.16. The Morgan fingerprint density at radius 1 is 1.47 bits per heavy atom. The van der Waals surface area contributed by atoms with E-state index in [1.165, 1.54) is 6.26 Å². The van der Waals surface area contributed by atoms with Crippen LogP contribution in [0.15, 0.2) is 0 Å². The summed E-state index contributed by atoms with van der Waals surface area (Å²) in [5, 5.41) is -0.303. The Morgan fingerprint density at radius 2 is 2.12 bits per heavy atom. The van der Waals surface area contributed by atoms with Crippen LogP contribution in [0.3, 0.4) is 0 Å². The average molecular weight is 298 g/mol. The molecule has 17 heavy (non-hydrogen) atoms. The predicted octanol–water partition coefficient (Wildman–Crippen LogP) is 1.61. The molecule has 0 bridgehead atoms. The molecule has 2 unspecified atom stereocenters. The first-order chi connectivity index (χ1) is 7.86. The molecule has 1 fully saturated rings. The molecule has 102 valence electrons. The van der Waals surface area contributed by atoms with Gasteiger partial charge in [0.25, 0.3) is 0 Å². The minimum atomic E-state index is -2.97. The van der Waals surface area contributed by atoms with E-state index in [9.17, 15) is 8.42 Å². The summed E-state index contributed by atoms with van der Waals surface area (Å²) in [5.74, 6) is 3.56. The van der Waals surface area contributed by atoms with Crippen molar-refractivity contribution in [3.63, 3.8) is 0 Å². The molecule has 0 spiro atoms. The Balaban J connectivity index is 2.72. The van der Waals surface area contributed by atoms with Crippen molar-refractivity contribution in [2.45, 2.75) is 19.2 Å². The maximum absolute atomic E-state index is 11.8. The highest BCUT2D eigenvalue weighted by Gasteiger charge is 2.32. The first kappa shape index (κ1) is 15.7. The number of nitrogens with zero attached hydrogens (tertiary/aromatic N) is 1. The van der Waals surface area contributed by atoms with Gasteiger partial charge in [-0.05, 0) is 17.6 Å². The molecular weight excluding hydrogens is 274 g/mol. The predicted molar refractivity (Wildman–Crippen MR) is 79.7 cm³/mol. The van der Waals surface area contributed by atoms with Crippen molar-refractivity contribution in [2.75, 3.05) is 36.6 Å². The van der Waals surface area contributed by atoms with E-state index >= 15 is 0 Å². The van der Waals surface area contributed by atoms with Crippen LogP contribution in [0.2, 0.25) is 0 Å². The van der Waals surface area contributed by atoms with Gasteiger partial charge >= 0.3 is 0 Å². The lowest BCUT2D eigenvalue weighted by Crippen LogP contribution is -2.49. The summed E-state index contributed by atoms with van der Waals surface area (Å²) in [4.78, 5) is 2.13. The molecule has 1 aliphatic heterocycles. The lowest BCUT2D eigenvalue weighted by atomic mass is 9.97. The summed E-state index contributed by atoms with van der Waals surface area (Å²) in [6.07, 6.45) is 1.35. The van der Waals surface area contributed by atoms with E-state index in [-0.39, 0.29) is 5.37 Å². The van der Waals surface area contributed by atoms with Gasteiger partial charge in [-0.3, -0.25) is 4.90 Å². The number of sulfone groups is 1. The number of hydrogen-bond acceptors (Lipinski definition) is 5. The quantitative estimate of drug-likeness (QED) is 0.782. The van der Waals surface area contributed by atoms with E-state index in [0.717, 1.165) is 24.6 Å². The summed E-state index contributed by atoms with van der Waals surface area (Å²) in [6.45, 7) is 6.07. The Bertz CT molecular complexity index is 330. The van der Waals surface area contributed by atoms with Crippen molar-refractivity contribution in [1.82, 2.24) is 4.90 Å². The second-order valence-electron chi connectivity index (χ2n) is 5.04. The summed E-state index contributed by atoms with van der Waals surface area (Å²) in [6, 6.07) is 0. The lowest BCUT2D eigenvalue weighted by molar-refractivity contribution is 0.211. The van der Waals surface area contributed by atoms with Gasteiger partial charge in [-0.25, -0.2) is 8.42 Å². The van der Waals surface area contributed by atoms with Gasteiger partial charge in [0.05, 0.1) is 0 Å². The standard InChI is InChI=1S/C11H23NO2S3/c1-9(2)10(7-15)6-12-4-5-16-8-11(12)17(3,13)14/h9-11,15H,4-8H2,1-3H3. The van der Waals surface area contributed by atoms with E-state index in [1.54, 1.807) is 11.8 Å². The number of hydrogen-bond donors (Lipinski definition) is 1. The first-order valence-electron chi connectivity index (χ1n) is 5.97. The summed E-state index contributed by atoms with van der Waals surface area (Å²) < 4.78 is 23.5. The molecule has 0 aromatic carbocycles. The molecule has 1 saturated heterocycles. The van der Waals surface area contributed by atoms with E-state index in [2.05, 4.69) is 31.4 Å². The molecular formula is C11H23NO2S3. The molecule has 0 aromatic rings. The zero-order valence-corrected chi connectivity index (χ0v) is 13.3. The van der Waals surface area contributed by atoms with Crippen molar-refractivity contribution in [3.05, 3.63) is 0 Å². The number of rotatable bonds is 5. The van der Waals surface area contributed by atoms with Crippen molar-refractivity contribution in [1.29, 1.82) is 0 Å². The topological polar surface area (TPSA) is 37.4 Å². The molecule has 6 heteroatoms. The van der Waals surface area contributed by atoms with E-state index in [0.29, 0.717) is 17.6 Å². The van der Waals surface area contributed by atoms with E-state index in [1.807, 2.05) is 0 Å². The Hall–Kier alpha value is 0.610. The molecule has 0 radical (unpaired) electrons. The molecule has 0 aliphatic carbocycles. The van der Waals surface area contributed by atoms with Crippen LogP contribution < -0.4 is 0 Å². The van der Waals surface area contributed by atoms with Crippen molar-refractivity contribution >= 4 is 34.2 Å². The monoisotopic (exact) mass is 297 g/mol. The fraction of sp³-hybridized carbons (Fsp3) is 1.00. The fourth-order valence-corrected chi connectivity index (χ4v) is 5.49. The van der Waals surface area contributed by atoms with Crippen LogP contribution in [0, 0.1) is 11.8 Å². The van der Waals surface area contributed by atoms with Crippen molar-refractivity contribution in [2.24, 2.45) is 11.8 Å². The average Bonchev–Trinajstić information content (AvgIpc) is 2.24. The van der Waals surface area contributed by atoms with Crippen LogP contribution in [-0.4, -0.2) is 55.3 Å². The number of thioether (sulfide) groups is 1. The van der Waals surface area contributed by atoms with Crippen LogP contribution in [0.1, 0.15) is 13.8 Å². The van der Waals surface area contributed by atoms with Gasteiger partial charge in [0.15, 0.2) is 9.84 Å². The minimum Gasteiger partial charge on any atom is -0.285 e. The van der Waals surface area contributed by atoms with Crippen molar-refractivity contribution < 1.29 is 8.42 Å². The van der Waals surface area contributed by atoms with E-state index in [4.69, 9.17) is 0 Å². The van der Waals surface area contributed by atoms with Gasteiger partial charge in [0.1, 0.15) is 5.37 Å². The molecule has 0 amide bonds. The SMILES string of the molecule is CC(C)C(CS)CN1CCSCC1S(C)(=O)=O. The van der Waals surface area contributed by atoms with Gasteiger partial charge in [-0.15, -0.1) is 0 Å². The highest BCUT2D eigenvalue weighted by molar-refractivity contribution is 8.00. The molecule has 0 saturated carbocycles. The molecule has 1 aliphatic rings. The highest BCUT2D eigenvalue weighted by Crippen LogP contribution is 2.23. The largest absolute Gasteiger partial charge is 0.285 e. The van der Waals surface area contributed by atoms with Gasteiger partial charge in [-0.1, -0.05) is 13.8 Å².